The van der Waals surface area contributed by atoms with Crippen LogP contribution in [0.15, 0.2) is 18.2 Å². The number of nitro benzene ring substituents is 1. The number of benzene rings is 1. The summed E-state index contributed by atoms with van der Waals surface area (Å²) in [6.07, 6.45) is 0.443. The van der Waals surface area contributed by atoms with Crippen molar-refractivity contribution in [2.24, 2.45) is 5.92 Å². The molecule has 0 aliphatic heterocycles. The Morgan fingerprint density at radius 2 is 2.15 bits per heavy atom. The lowest BCUT2D eigenvalue weighted by molar-refractivity contribution is -0.387. The average Bonchev–Trinajstić information content (AvgIpc) is 2.34. The van der Waals surface area contributed by atoms with Gasteiger partial charge < -0.3 is 10.4 Å². The standard InChI is InChI=1S/C13H17FN2O4/c1-8(2)5-11(13(17)18)15-7-9-3-4-10(14)12(6-9)16(19)20/h3-4,6,8,11,15H,5,7H2,1-2H3,(H,17,18). The van der Waals surface area contributed by atoms with E-state index in [0.29, 0.717) is 12.0 Å². The Morgan fingerprint density at radius 3 is 2.65 bits per heavy atom. The first-order valence-corrected chi connectivity index (χ1v) is 6.20. The molecule has 0 aromatic heterocycles. The molecule has 0 aliphatic carbocycles. The van der Waals surface area contributed by atoms with Crippen LogP contribution in [0.3, 0.4) is 0 Å². The van der Waals surface area contributed by atoms with Crippen LogP contribution in [-0.2, 0) is 11.3 Å². The molecule has 110 valence electrons. The minimum atomic E-state index is -0.977. The van der Waals surface area contributed by atoms with Gasteiger partial charge in [-0.15, -0.1) is 0 Å². The molecule has 0 heterocycles. The van der Waals surface area contributed by atoms with Crippen molar-refractivity contribution in [1.29, 1.82) is 0 Å². The van der Waals surface area contributed by atoms with E-state index in [1.54, 1.807) is 0 Å². The maximum atomic E-state index is 13.2. The van der Waals surface area contributed by atoms with Gasteiger partial charge >= 0.3 is 11.7 Å². The van der Waals surface area contributed by atoms with Crippen molar-refractivity contribution in [2.75, 3.05) is 0 Å². The lowest BCUT2D eigenvalue weighted by Crippen LogP contribution is -2.37. The Hall–Kier alpha value is -2.02. The van der Waals surface area contributed by atoms with Crippen molar-refractivity contribution < 1.29 is 19.2 Å². The lowest BCUT2D eigenvalue weighted by Gasteiger charge is -2.16. The summed E-state index contributed by atoms with van der Waals surface area (Å²) < 4.78 is 13.2. The maximum absolute atomic E-state index is 13.2. The van der Waals surface area contributed by atoms with Crippen molar-refractivity contribution in [3.05, 3.63) is 39.7 Å². The largest absolute Gasteiger partial charge is 0.480 e. The highest BCUT2D eigenvalue weighted by Crippen LogP contribution is 2.18. The van der Waals surface area contributed by atoms with Crippen LogP contribution in [-0.4, -0.2) is 22.0 Å². The zero-order chi connectivity index (χ0) is 15.3. The molecule has 0 radical (unpaired) electrons. The van der Waals surface area contributed by atoms with E-state index < -0.39 is 28.4 Å². The first-order valence-electron chi connectivity index (χ1n) is 6.20. The highest BCUT2D eigenvalue weighted by Gasteiger charge is 2.19. The van der Waals surface area contributed by atoms with Gasteiger partial charge in [0.15, 0.2) is 0 Å². The number of carboxylic acids is 1. The molecule has 0 spiro atoms. The Morgan fingerprint density at radius 1 is 1.50 bits per heavy atom. The van der Waals surface area contributed by atoms with Crippen LogP contribution < -0.4 is 5.32 Å². The molecular formula is C13H17FN2O4. The van der Waals surface area contributed by atoms with Crippen LogP contribution in [0.25, 0.3) is 0 Å². The van der Waals surface area contributed by atoms with Crippen molar-refractivity contribution in [3.8, 4) is 0 Å². The number of hydrogen-bond acceptors (Lipinski definition) is 4. The second kappa shape index (κ2) is 6.95. The Bertz CT molecular complexity index is 505. The summed E-state index contributed by atoms with van der Waals surface area (Å²) >= 11 is 0. The first-order chi connectivity index (χ1) is 9.31. The summed E-state index contributed by atoms with van der Waals surface area (Å²) in [6.45, 7) is 3.94. The van der Waals surface area contributed by atoms with E-state index in [2.05, 4.69) is 5.32 Å². The Balaban J connectivity index is 2.75. The number of nitro groups is 1. The highest BCUT2D eigenvalue weighted by molar-refractivity contribution is 5.73. The van der Waals surface area contributed by atoms with Gasteiger partial charge in [0, 0.05) is 12.6 Å². The van der Waals surface area contributed by atoms with Crippen molar-refractivity contribution in [3.63, 3.8) is 0 Å². The molecule has 0 saturated carbocycles. The summed E-state index contributed by atoms with van der Waals surface area (Å²) in [5.41, 5.74) is -0.145. The third-order valence-corrected chi connectivity index (χ3v) is 2.77. The second-order valence-electron chi connectivity index (χ2n) is 4.94. The molecule has 1 aromatic carbocycles. The molecule has 0 amide bonds. The number of rotatable bonds is 7. The number of carboxylic acid groups (broad SMARTS) is 1. The molecule has 0 aliphatic rings. The van der Waals surface area contributed by atoms with Crippen molar-refractivity contribution >= 4 is 11.7 Å². The first kappa shape index (κ1) is 16.0. The van der Waals surface area contributed by atoms with Crippen LogP contribution in [0, 0.1) is 21.8 Å². The lowest BCUT2D eigenvalue weighted by atomic mass is 10.0. The zero-order valence-electron chi connectivity index (χ0n) is 11.3. The summed E-state index contributed by atoms with van der Waals surface area (Å²) in [5.74, 6) is -1.68. The van der Waals surface area contributed by atoms with Crippen LogP contribution in [0.4, 0.5) is 10.1 Å². The van der Waals surface area contributed by atoms with Gasteiger partial charge in [0.05, 0.1) is 4.92 Å². The van der Waals surface area contributed by atoms with E-state index in [4.69, 9.17) is 5.11 Å². The van der Waals surface area contributed by atoms with Gasteiger partial charge in [0.2, 0.25) is 5.82 Å². The molecule has 0 fully saturated rings. The van der Waals surface area contributed by atoms with Gasteiger partial charge in [-0.05, 0) is 24.0 Å². The van der Waals surface area contributed by atoms with E-state index in [0.717, 1.165) is 12.1 Å². The van der Waals surface area contributed by atoms with Crippen LogP contribution in [0.5, 0.6) is 0 Å². The number of halogens is 1. The van der Waals surface area contributed by atoms with E-state index in [1.807, 2.05) is 13.8 Å². The number of hydrogen-bond donors (Lipinski definition) is 2. The number of nitrogens with one attached hydrogen (secondary N) is 1. The molecular weight excluding hydrogens is 267 g/mol. The van der Waals surface area contributed by atoms with Gasteiger partial charge in [-0.2, -0.15) is 4.39 Å². The van der Waals surface area contributed by atoms with Gasteiger partial charge in [-0.1, -0.05) is 19.9 Å². The molecule has 1 unspecified atom stereocenters. The fourth-order valence-electron chi connectivity index (χ4n) is 1.79. The average molecular weight is 284 g/mol. The predicted octanol–water partition coefficient (Wildman–Crippen LogP) is 2.32. The molecule has 6 nitrogen and oxygen atoms in total. The summed E-state index contributed by atoms with van der Waals surface area (Å²) in [4.78, 5) is 20.9. The molecule has 1 rings (SSSR count). The third kappa shape index (κ3) is 4.58. The SMILES string of the molecule is CC(C)CC(NCc1ccc(F)c([N+](=O)[O-])c1)C(=O)O. The van der Waals surface area contributed by atoms with Gasteiger partial charge in [-0.3, -0.25) is 14.9 Å². The van der Waals surface area contributed by atoms with Crippen molar-refractivity contribution in [1.82, 2.24) is 5.32 Å². The van der Waals surface area contributed by atoms with E-state index in [9.17, 15) is 19.3 Å². The normalized spacial score (nSPS) is 12.4. The minimum Gasteiger partial charge on any atom is -0.480 e. The smallest absolute Gasteiger partial charge is 0.320 e. The van der Waals surface area contributed by atoms with Crippen LogP contribution in [0.2, 0.25) is 0 Å². The molecule has 1 atom stereocenters. The third-order valence-electron chi connectivity index (χ3n) is 2.77. The van der Waals surface area contributed by atoms with Crippen LogP contribution >= 0.6 is 0 Å². The fourth-order valence-corrected chi connectivity index (χ4v) is 1.79. The van der Waals surface area contributed by atoms with E-state index >= 15 is 0 Å². The quantitative estimate of drug-likeness (QED) is 0.592. The number of aliphatic carboxylic acids is 1. The Labute approximate surface area is 115 Å². The fraction of sp³-hybridized carbons (Fsp3) is 0.462. The van der Waals surface area contributed by atoms with Crippen molar-refractivity contribution in [2.45, 2.75) is 32.9 Å². The molecule has 0 bridgehead atoms. The van der Waals surface area contributed by atoms with Crippen LogP contribution in [0.1, 0.15) is 25.8 Å². The van der Waals surface area contributed by atoms with E-state index in [-0.39, 0.29) is 12.5 Å². The molecule has 7 heteroatoms. The summed E-state index contributed by atoms with van der Waals surface area (Å²) in [6, 6.07) is 2.77. The summed E-state index contributed by atoms with van der Waals surface area (Å²) in [7, 11) is 0. The molecule has 2 N–H and O–H groups in total. The highest BCUT2D eigenvalue weighted by atomic mass is 19.1. The molecule has 0 saturated heterocycles. The summed E-state index contributed by atoms with van der Waals surface area (Å²) in [5, 5.41) is 22.5. The predicted molar refractivity (Wildman–Crippen MR) is 70.8 cm³/mol. The van der Waals surface area contributed by atoms with Gasteiger partial charge in [0.25, 0.3) is 0 Å². The number of carbonyl (C=O) groups is 1. The maximum Gasteiger partial charge on any atom is 0.320 e. The van der Waals surface area contributed by atoms with Gasteiger partial charge in [-0.25, -0.2) is 0 Å². The topological polar surface area (TPSA) is 92.5 Å². The van der Waals surface area contributed by atoms with E-state index in [1.165, 1.54) is 6.07 Å². The zero-order valence-corrected chi connectivity index (χ0v) is 11.3. The second-order valence-corrected chi connectivity index (χ2v) is 4.94. The number of nitrogens with zero attached hydrogens (tertiary/aromatic N) is 1. The molecule has 1 aromatic rings. The van der Waals surface area contributed by atoms with Gasteiger partial charge in [0.1, 0.15) is 6.04 Å². The molecule has 20 heavy (non-hydrogen) atoms. The Kier molecular flexibility index (Phi) is 5.57. The monoisotopic (exact) mass is 284 g/mol. The minimum absolute atomic E-state index is 0.130.